The molecule has 6 heteroatoms. The third kappa shape index (κ3) is 2.87. The molecular weight excluding hydrogens is 258 g/mol. The molecule has 0 saturated carbocycles. The van der Waals surface area contributed by atoms with Crippen molar-refractivity contribution in [1.82, 2.24) is 15.0 Å². The molecule has 2 heterocycles. The van der Waals surface area contributed by atoms with Crippen LogP contribution in [-0.2, 0) is 0 Å². The van der Waals surface area contributed by atoms with Gasteiger partial charge in [0.15, 0.2) is 0 Å². The number of nitrogens with one attached hydrogen (secondary N) is 1. The van der Waals surface area contributed by atoms with Crippen molar-refractivity contribution in [2.45, 2.75) is 23.9 Å². The van der Waals surface area contributed by atoms with E-state index in [4.69, 9.17) is 11.6 Å². The topological polar surface area (TPSA) is 58.6 Å². The fourth-order valence-electron chi connectivity index (χ4n) is 1.39. The monoisotopic (exact) mass is 267 g/mol. The Hall–Kier alpha value is -1.33. The van der Waals surface area contributed by atoms with Crippen molar-refractivity contribution >= 4 is 23.4 Å². The number of aromatic nitrogens is 3. The molecule has 88 valence electrons. The summed E-state index contributed by atoms with van der Waals surface area (Å²) in [5.41, 5.74) is 1.70. The van der Waals surface area contributed by atoms with Gasteiger partial charge in [-0.1, -0.05) is 11.6 Å². The molecule has 0 unspecified atom stereocenters. The minimum Gasteiger partial charge on any atom is -0.312 e. The molecule has 2 aromatic heterocycles. The van der Waals surface area contributed by atoms with Crippen molar-refractivity contribution in [1.29, 1.82) is 0 Å². The molecule has 0 radical (unpaired) electrons. The van der Waals surface area contributed by atoms with Crippen molar-refractivity contribution in [2.24, 2.45) is 0 Å². The van der Waals surface area contributed by atoms with Crippen LogP contribution in [0.5, 0.6) is 0 Å². The quantitative estimate of drug-likeness (QED) is 0.850. The van der Waals surface area contributed by atoms with Crippen LogP contribution in [0, 0.1) is 13.8 Å². The highest BCUT2D eigenvalue weighted by molar-refractivity contribution is 7.99. The Balaban J connectivity index is 2.38. The van der Waals surface area contributed by atoms with Crippen molar-refractivity contribution in [3.05, 3.63) is 45.1 Å². The Morgan fingerprint density at radius 2 is 2.12 bits per heavy atom. The van der Waals surface area contributed by atoms with Crippen molar-refractivity contribution in [3.63, 3.8) is 0 Å². The summed E-state index contributed by atoms with van der Waals surface area (Å²) in [6.07, 6.45) is 1.33. The van der Waals surface area contributed by atoms with E-state index in [-0.39, 0.29) is 10.6 Å². The third-order valence-corrected chi connectivity index (χ3v) is 3.42. The standard InChI is InChI=1S/C11H10ClN3OS/c1-6-3-7(2)15-8(4-6)17-11-9(12)10(16)13-5-14-11/h3-5H,1-2H3,(H,13,14,16). The summed E-state index contributed by atoms with van der Waals surface area (Å²) >= 11 is 7.15. The van der Waals surface area contributed by atoms with Gasteiger partial charge in [0.05, 0.1) is 6.33 Å². The molecule has 0 aromatic carbocycles. The minimum absolute atomic E-state index is 0.0958. The SMILES string of the molecule is Cc1cc(C)nc(Sc2nc[nH]c(=O)c2Cl)c1. The zero-order chi connectivity index (χ0) is 12.4. The Morgan fingerprint density at radius 3 is 2.82 bits per heavy atom. The highest BCUT2D eigenvalue weighted by atomic mass is 35.5. The van der Waals surface area contributed by atoms with E-state index in [0.29, 0.717) is 5.03 Å². The highest BCUT2D eigenvalue weighted by Gasteiger charge is 2.09. The van der Waals surface area contributed by atoms with E-state index in [1.54, 1.807) is 0 Å². The lowest BCUT2D eigenvalue weighted by molar-refractivity contribution is 0.998. The molecule has 0 bridgehead atoms. The third-order valence-electron chi connectivity index (χ3n) is 2.04. The largest absolute Gasteiger partial charge is 0.312 e. The summed E-state index contributed by atoms with van der Waals surface area (Å²) in [5.74, 6) is 0. The smallest absolute Gasteiger partial charge is 0.270 e. The number of aromatic amines is 1. The first kappa shape index (κ1) is 12.1. The number of pyridine rings is 1. The number of hydrogen-bond donors (Lipinski definition) is 1. The van der Waals surface area contributed by atoms with E-state index in [0.717, 1.165) is 16.3 Å². The highest BCUT2D eigenvalue weighted by Crippen LogP contribution is 2.28. The Bertz CT molecular complexity index is 592. The molecule has 2 rings (SSSR count). The number of halogens is 1. The molecule has 2 aromatic rings. The average molecular weight is 268 g/mol. The van der Waals surface area contributed by atoms with E-state index in [1.165, 1.54) is 18.1 Å². The lowest BCUT2D eigenvalue weighted by Gasteiger charge is -2.03. The predicted octanol–water partition coefficient (Wildman–Crippen LogP) is 2.59. The lowest BCUT2D eigenvalue weighted by atomic mass is 10.3. The van der Waals surface area contributed by atoms with E-state index in [9.17, 15) is 4.79 Å². The second kappa shape index (κ2) is 4.89. The van der Waals surface area contributed by atoms with E-state index < -0.39 is 0 Å². The first-order valence-corrected chi connectivity index (χ1v) is 6.12. The van der Waals surface area contributed by atoms with Crippen LogP contribution in [0.25, 0.3) is 0 Å². The maximum Gasteiger partial charge on any atom is 0.270 e. The zero-order valence-electron chi connectivity index (χ0n) is 9.32. The molecule has 0 atom stereocenters. The summed E-state index contributed by atoms with van der Waals surface area (Å²) in [5, 5.41) is 1.34. The van der Waals surface area contributed by atoms with Crippen LogP contribution in [0.4, 0.5) is 0 Å². The number of nitrogens with zero attached hydrogens (tertiary/aromatic N) is 2. The molecule has 1 N–H and O–H groups in total. The average Bonchev–Trinajstić information content (AvgIpc) is 2.23. The van der Waals surface area contributed by atoms with Crippen molar-refractivity contribution in [2.75, 3.05) is 0 Å². The van der Waals surface area contributed by atoms with E-state index in [2.05, 4.69) is 15.0 Å². The van der Waals surface area contributed by atoms with E-state index >= 15 is 0 Å². The molecule has 0 saturated heterocycles. The second-order valence-corrected chi connectivity index (χ2v) is 4.96. The van der Waals surface area contributed by atoms with E-state index in [1.807, 2.05) is 26.0 Å². The first-order chi connectivity index (χ1) is 8.06. The molecule has 0 spiro atoms. The van der Waals surface area contributed by atoms with Gasteiger partial charge >= 0.3 is 0 Å². The van der Waals surface area contributed by atoms with Crippen LogP contribution < -0.4 is 5.56 Å². The molecular formula is C11H10ClN3OS. The number of aryl methyl sites for hydroxylation is 2. The lowest BCUT2D eigenvalue weighted by Crippen LogP contribution is -2.07. The number of hydrogen-bond acceptors (Lipinski definition) is 4. The van der Waals surface area contributed by atoms with Gasteiger partial charge < -0.3 is 4.98 Å². The molecule has 0 aliphatic carbocycles. The zero-order valence-corrected chi connectivity index (χ0v) is 10.9. The maximum atomic E-state index is 11.3. The van der Waals surface area contributed by atoms with Crippen LogP contribution in [0.3, 0.4) is 0 Å². The maximum absolute atomic E-state index is 11.3. The Kier molecular flexibility index (Phi) is 3.49. The molecule has 0 fully saturated rings. The van der Waals surface area contributed by atoms with Gasteiger partial charge in [0.25, 0.3) is 5.56 Å². The van der Waals surface area contributed by atoms with Crippen molar-refractivity contribution < 1.29 is 0 Å². The fourth-order valence-corrected chi connectivity index (χ4v) is 2.53. The van der Waals surface area contributed by atoms with Gasteiger partial charge in [-0.15, -0.1) is 0 Å². The normalized spacial score (nSPS) is 10.5. The van der Waals surface area contributed by atoms with Crippen molar-refractivity contribution in [3.8, 4) is 0 Å². The first-order valence-electron chi connectivity index (χ1n) is 4.92. The number of H-pyrrole nitrogens is 1. The molecule has 17 heavy (non-hydrogen) atoms. The van der Waals surface area contributed by atoms with Gasteiger partial charge in [0.2, 0.25) is 0 Å². The summed E-state index contributed by atoms with van der Waals surface area (Å²) in [6.45, 7) is 3.91. The molecule has 0 aliphatic rings. The predicted molar refractivity (Wildman–Crippen MR) is 67.7 cm³/mol. The summed E-state index contributed by atoms with van der Waals surface area (Å²) in [4.78, 5) is 22.1. The summed E-state index contributed by atoms with van der Waals surface area (Å²) < 4.78 is 0. The van der Waals surface area contributed by atoms with Gasteiger partial charge in [-0.25, -0.2) is 9.97 Å². The summed E-state index contributed by atoms with van der Waals surface area (Å²) in [6, 6.07) is 3.91. The van der Waals surface area contributed by atoms with Crippen LogP contribution in [0.2, 0.25) is 5.02 Å². The van der Waals surface area contributed by atoms with Gasteiger partial charge in [0.1, 0.15) is 15.1 Å². The van der Waals surface area contributed by atoms with Crippen LogP contribution in [-0.4, -0.2) is 15.0 Å². The van der Waals surface area contributed by atoms with Crippen LogP contribution in [0.15, 0.2) is 33.3 Å². The molecule has 0 amide bonds. The Labute approximate surface area is 107 Å². The Morgan fingerprint density at radius 1 is 1.35 bits per heavy atom. The van der Waals surface area contributed by atoms with Crippen LogP contribution in [0.1, 0.15) is 11.3 Å². The number of rotatable bonds is 2. The summed E-state index contributed by atoms with van der Waals surface area (Å²) in [7, 11) is 0. The molecule has 4 nitrogen and oxygen atoms in total. The molecule has 0 aliphatic heterocycles. The van der Waals surface area contributed by atoms with Crippen LogP contribution >= 0.6 is 23.4 Å². The van der Waals surface area contributed by atoms with Gasteiger partial charge in [-0.2, -0.15) is 0 Å². The fraction of sp³-hybridized carbons (Fsp3) is 0.182. The van der Waals surface area contributed by atoms with Gasteiger partial charge in [0, 0.05) is 5.69 Å². The minimum atomic E-state index is -0.339. The van der Waals surface area contributed by atoms with Gasteiger partial charge in [-0.3, -0.25) is 4.79 Å². The second-order valence-electron chi connectivity index (χ2n) is 3.58. The van der Waals surface area contributed by atoms with Gasteiger partial charge in [-0.05, 0) is 43.3 Å².